The molecule has 3 heterocycles. The van der Waals surface area contributed by atoms with Crippen molar-refractivity contribution in [1.29, 1.82) is 0 Å². The van der Waals surface area contributed by atoms with Gasteiger partial charge >= 0.3 is 0 Å². The van der Waals surface area contributed by atoms with Gasteiger partial charge in [-0.25, -0.2) is 4.39 Å². The standard InChI is InChI=1S/C31H39FN4O3/c1-21-14-22(2)18-34(17-21)13-7-12-33-30(38)31(3)20-35-27-16-25(39-4)11-10-23(27)15-28(35)29(37)36(31)19-24-8-5-6-9-26(24)32/h5-6,8-11,15-16,21-22H,7,12-14,17-20H2,1-4H3,(H,33,38)/t21-,22-,31+/m0/s1. The molecule has 0 saturated carbocycles. The third kappa shape index (κ3) is 5.39. The fourth-order valence-electron chi connectivity index (χ4n) is 6.37. The molecule has 7 nitrogen and oxygen atoms in total. The van der Waals surface area contributed by atoms with Crippen molar-refractivity contribution < 1.29 is 18.7 Å². The number of carbonyl (C=O) groups excluding carboxylic acids is 2. The lowest BCUT2D eigenvalue weighted by molar-refractivity contribution is -0.133. The number of carbonyl (C=O) groups is 2. The largest absolute Gasteiger partial charge is 0.497 e. The normalized spacial score (nSPS) is 23.6. The van der Waals surface area contributed by atoms with Crippen molar-refractivity contribution in [2.24, 2.45) is 11.8 Å². The van der Waals surface area contributed by atoms with Gasteiger partial charge in [-0.15, -0.1) is 0 Å². The quantitative estimate of drug-likeness (QED) is 0.426. The van der Waals surface area contributed by atoms with Crippen LogP contribution >= 0.6 is 0 Å². The van der Waals surface area contributed by atoms with Crippen molar-refractivity contribution in [3.8, 4) is 5.75 Å². The van der Waals surface area contributed by atoms with E-state index in [1.54, 1.807) is 32.2 Å². The van der Waals surface area contributed by atoms with E-state index in [0.717, 1.165) is 37.0 Å². The minimum absolute atomic E-state index is 0.00380. The number of ether oxygens (including phenoxy) is 1. The van der Waals surface area contributed by atoms with E-state index in [0.29, 0.717) is 35.4 Å². The van der Waals surface area contributed by atoms with E-state index >= 15 is 0 Å². The van der Waals surface area contributed by atoms with Crippen LogP contribution in [0.2, 0.25) is 0 Å². The maximum absolute atomic E-state index is 14.7. The topological polar surface area (TPSA) is 66.8 Å². The minimum Gasteiger partial charge on any atom is -0.497 e. The molecular formula is C31H39FN4O3. The van der Waals surface area contributed by atoms with Crippen molar-refractivity contribution in [3.05, 3.63) is 65.6 Å². The van der Waals surface area contributed by atoms with E-state index in [1.807, 2.05) is 28.8 Å². The smallest absolute Gasteiger partial charge is 0.271 e. The van der Waals surface area contributed by atoms with Crippen LogP contribution in [0.3, 0.4) is 0 Å². The van der Waals surface area contributed by atoms with Gasteiger partial charge in [0.1, 0.15) is 22.8 Å². The Balaban J connectivity index is 1.39. The van der Waals surface area contributed by atoms with E-state index < -0.39 is 11.4 Å². The molecule has 2 aromatic carbocycles. The molecular weight excluding hydrogens is 495 g/mol. The lowest BCUT2D eigenvalue weighted by Gasteiger charge is -2.44. The van der Waals surface area contributed by atoms with E-state index in [9.17, 15) is 14.0 Å². The van der Waals surface area contributed by atoms with Gasteiger partial charge in [0.25, 0.3) is 5.91 Å². The molecule has 1 N–H and O–H groups in total. The summed E-state index contributed by atoms with van der Waals surface area (Å²) in [5.41, 5.74) is 0.475. The number of hydrogen-bond donors (Lipinski definition) is 1. The Morgan fingerprint density at radius 3 is 2.59 bits per heavy atom. The Bertz CT molecular complexity index is 1360. The summed E-state index contributed by atoms with van der Waals surface area (Å²) in [4.78, 5) is 31.8. The molecule has 3 atom stereocenters. The molecule has 1 saturated heterocycles. The second-order valence-electron chi connectivity index (χ2n) is 11.6. The second-order valence-corrected chi connectivity index (χ2v) is 11.6. The van der Waals surface area contributed by atoms with Crippen molar-refractivity contribution in [1.82, 2.24) is 19.7 Å². The number of methoxy groups -OCH3 is 1. The fraction of sp³-hybridized carbons (Fsp3) is 0.484. The number of nitrogens with zero attached hydrogens (tertiary/aromatic N) is 3. The molecule has 8 heteroatoms. The zero-order valence-electron chi connectivity index (χ0n) is 23.4. The molecule has 2 aliphatic heterocycles. The summed E-state index contributed by atoms with van der Waals surface area (Å²) >= 11 is 0. The number of benzene rings is 2. The second kappa shape index (κ2) is 11.0. The van der Waals surface area contributed by atoms with Gasteiger partial charge in [-0.05, 0) is 62.4 Å². The number of hydrogen-bond acceptors (Lipinski definition) is 4. The SMILES string of the molecule is COc1ccc2cc3n(c2c1)C[C@](C)(C(=O)NCCCN1C[C@@H](C)C[C@H](C)C1)N(Cc1ccccc1F)C3=O. The molecule has 208 valence electrons. The summed E-state index contributed by atoms with van der Waals surface area (Å²) in [6, 6.07) is 13.9. The van der Waals surface area contributed by atoms with Crippen molar-refractivity contribution in [2.45, 2.75) is 52.2 Å². The molecule has 0 bridgehead atoms. The number of aromatic nitrogens is 1. The zero-order valence-corrected chi connectivity index (χ0v) is 23.4. The maximum atomic E-state index is 14.7. The third-order valence-electron chi connectivity index (χ3n) is 8.29. The van der Waals surface area contributed by atoms with Gasteiger partial charge in [-0.1, -0.05) is 32.0 Å². The highest BCUT2D eigenvalue weighted by atomic mass is 19.1. The van der Waals surface area contributed by atoms with Crippen LogP contribution in [0.25, 0.3) is 10.9 Å². The minimum atomic E-state index is -1.21. The highest BCUT2D eigenvalue weighted by molar-refractivity contribution is 6.03. The average Bonchev–Trinajstić information content (AvgIpc) is 3.26. The lowest BCUT2D eigenvalue weighted by Crippen LogP contribution is -2.63. The summed E-state index contributed by atoms with van der Waals surface area (Å²) in [7, 11) is 1.60. The van der Waals surface area contributed by atoms with Crippen LogP contribution in [0.5, 0.6) is 5.75 Å². The summed E-state index contributed by atoms with van der Waals surface area (Å²) in [6.45, 7) is 10.3. The van der Waals surface area contributed by atoms with Crippen LogP contribution in [-0.2, 0) is 17.9 Å². The Morgan fingerprint density at radius 2 is 1.87 bits per heavy atom. The molecule has 2 amide bonds. The highest BCUT2D eigenvalue weighted by Crippen LogP contribution is 2.35. The van der Waals surface area contributed by atoms with Crippen LogP contribution < -0.4 is 10.1 Å². The van der Waals surface area contributed by atoms with Crippen LogP contribution in [0.15, 0.2) is 48.5 Å². The molecule has 0 radical (unpaired) electrons. The van der Waals surface area contributed by atoms with Crippen molar-refractivity contribution in [3.63, 3.8) is 0 Å². The van der Waals surface area contributed by atoms with Crippen molar-refractivity contribution >= 4 is 22.7 Å². The van der Waals surface area contributed by atoms with Crippen LogP contribution in [0, 0.1) is 17.7 Å². The summed E-state index contributed by atoms with van der Waals surface area (Å²) in [6.07, 6.45) is 2.09. The number of rotatable bonds is 8. The molecule has 2 aliphatic rings. The van der Waals surface area contributed by atoms with Gasteiger partial charge in [0, 0.05) is 36.7 Å². The Morgan fingerprint density at radius 1 is 1.13 bits per heavy atom. The number of nitrogens with one attached hydrogen (secondary N) is 1. The molecule has 0 unspecified atom stereocenters. The van der Waals surface area contributed by atoms with Gasteiger partial charge in [0.05, 0.1) is 25.7 Å². The molecule has 3 aromatic rings. The average molecular weight is 535 g/mol. The van der Waals surface area contributed by atoms with Gasteiger partial charge in [0.2, 0.25) is 5.91 Å². The molecule has 1 aromatic heterocycles. The predicted octanol–water partition coefficient (Wildman–Crippen LogP) is 4.69. The molecule has 39 heavy (non-hydrogen) atoms. The van der Waals surface area contributed by atoms with Crippen LogP contribution in [0.4, 0.5) is 4.39 Å². The number of halogens is 1. The van der Waals surface area contributed by atoms with Gasteiger partial charge in [0.15, 0.2) is 0 Å². The first-order valence-electron chi connectivity index (χ1n) is 13.9. The maximum Gasteiger partial charge on any atom is 0.271 e. The number of likely N-dealkylation sites (tertiary alicyclic amines) is 1. The van der Waals surface area contributed by atoms with Gasteiger partial charge in [-0.3, -0.25) is 9.59 Å². The van der Waals surface area contributed by atoms with E-state index in [1.165, 1.54) is 17.4 Å². The van der Waals surface area contributed by atoms with Gasteiger partial charge < -0.3 is 24.4 Å². The van der Waals surface area contributed by atoms with Crippen LogP contribution in [-0.4, -0.2) is 65.0 Å². The first-order valence-corrected chi connectivity index (χ1v) is 13.9. The number of amides is 2. The van der Waals surface area contributed by atoms with Gasteiger partial charge in [-0.2, -0.15) is 0 Å². The lowest BCUT2D eigenvalue weighted by atomic mass is 9.92. The zero-order chi connectivity index (χ0) is 27.7. The summed E-state index contributed by atoms with van der Waals surface area (Å²) < 4.78 is 22.0. The predicted molar refractivity (Wildman–Crippen MR) is 150 cm³/mol. The number of piperidine rings is 1. The number of fused-ring (bicyclic) bond motifs is 3. The molecule has 0 aliphatic carbocycles. The summed E-state index contributed by atoms with van der Waals surface area (Å²) in [5, 5.41) is 4.00. The Labute approximate surface area is 229 Å². The molecule has 1 fully saturated rings. The molecule has 0 spiro atoms. The fourth-order valence-corrected chi connectivity index (χ4v) is 6.37. The third-order valence-corrected chi connectivity index (χ3v) is 8.29. The first kappa shape index (κ1) is 27.2. The van der Waals surface area contributed by atoms with E-state index in [4.69, 9.17) is 4.74 Å². The van der Waals surface area contributed by atoms with Crippen LogP contribution in [0.1, 0.15) is 49.7 Å². The summed E-state index contributed by atoms with van der Waals surface area (Å²) in [5.74, 6) is 1.13. The molecule has 5 rings (SSSR count). The van der Waals surface area contributed by atoms with E-state index in [-0.39, 0.29) is 24.9 Å². The first-order chi connectivity index (χ1) is 18.7. The van der Waals surface area contributed by atoms with E-state index in [2.05, 4.69) is 24.1 Å². The van der Waals surface area contributed by atoms with Crippen molar-refractivity contribution in [2.75, 3.05) is 33.3 Å². The monoisotopic (exact) mass is 534 g/mol. The Kier molecular flexibility index (Phi) is 7.67. The Hall–Kier alpha value is -3.39. The highest BCUT2D eigenvalue weighted by Gasteiger charge is 2.47.